The van der Waals surface area contributed by atoms with Gasteiger partial charge in [-0.25, -0.2) is 13.2 Å². The van der Waals surface area contributed by atoms with Gasteiger partial charge in [-0.3, -0.25) is 4.98 Å². The van der Waals surface area contributed by atoms with Crippen LogP contribution >= 0.6 is 0 Å². The van der Waals surface area contributed by atoms with Crippen LogP contribution in [0.4, 0.5) is 4.79 Å². The molecule has 106 valence electrons. The minimum atomic E-state index is -5.00. The lowest BCUT2D eigenvalue weighted by Gasteiger charge is -2.25. The molecule has 0 spiro atoms. The first-order valence-electron chi connectivity index (χ1n) is 5.80. The van der Waals surface area contributed by atoms with Crippen molar-refractivity contribution in [1.82, 2.24) is 14.9 Å². The fraction of sp³-hybridized carbons (Fsp3) is 0.273. The number of aromatic nitrogens is 1. The molecular formula is C11H10N3O5S-. The van der Waals surface area contributed by atoms with Gasteiger partial charge in [0.05, 0.1) is 6.54 Å². The van der Waals surface area contributed by atoms with Crippen LogP contribution in [0, 0.1) is 0 Å². The van der Waals surface area contributed by atoms with Gasteiger partial charge in [-0.1, -0.05) is 6.08 Å². The second kappa shape index (κ2) is 4.54. The van der Waals surface area contributed by atoms with Gasteiger partial charge in [0.15, 0.2) is 0 Å². The van der Waals surface area contributed by atoms with Gasteiger partial charge in [-0.05, 0) is 23.3 Å². The van der Waals surface area contributed by atoms with E-state index >= 15 is 0 Å². The third-order valence-electron chi connectivity index (χ3n) is 3.21. The second-order valence-corrected chi connectivity index (χ2v) is 5.37. The summed E-state index contributed by atoms with van der Waals surface area (Å²) in [4.78, 5) is 17.2. The summed E-state index contributed by atoms with van der Waals surface area (Å²) in [6.07, 6.45) is 4.99. The van der Waals surface area contributed by atoms with Crippen LogP contribution < -0.4 is 0 Å². The summed E-state index contributed by atoms with van der Waals surface area (Å²) >= 11 is 0. The Morgan fingerprint density at radius 2 is 2.05 bits per heavy atom. The van der Waals surface area contributed by atoms with Crippen LogP contribution in [-0.2, 0) is 14.7 Å². The van der Waals surface area contributed by atoms with Crippen molar-refractivity contribution >= 4 is 22.0 Å². The standard InChI is InChI=1S/C11H11N3O5S/c15-11-13-6-3-9(8-1-4-12-5-2-8)10(7-13)14(11)19-20(16,17)18/h1-5,10H,6-7H2,(H,16,17,18)/p-1. The van der Waals surface area contributed by atoms with Crippen molar-refractivity contribution in [2.45, 2.75) is 6.04 Å². The van der Waals surface area contributed by atoms with Crippen LogP contribution in [-0.4, -0.2) is 53.1 Å². The normalized spacial score (nSPS) is 22.1. The molecule has 1 aromatic rings. The van der Waals surface area contributed by atoms with E-state index in [2.05, 4.69) is 9.27 Å². The van der Waals surface area contributed by atoms with Gasteiger partial charge in [-0.2, -0.15) is 9.35 Å². The molecule has 2 amide bonds. The van der Waals surface area contributed by atoms with Gasteiger partial charge in [-0.15, -0.1) is 0 Å². The Bertz CT molecular complexity index is 673. The summed E-state index contributed by atoms with van der Waals surface area (Å²) in [5, 5.41) is 0.627. The molecule has 2 aliphatic heterocycles. The Morgan fingerprint density at radius 3 is 2.70 bits per heavy atom. The number of nitrogens with zero attached hydrogens (tertiary/aromatic N) is 3. The average molecular weight is 296 g/mol. The van der Waals surface area contributed by atoms with Crippen LogP contribution in [0.2, 0.25) is 0 Å². The van der Waals surface area contributed by atoms with Crippen molar-refractivity contribution in [3.8, 4) is 0 Å². The molecule has 9 heteroatoms. The number of urea groups is 1. The van der Waals surface area contributed by atoms with Crippen molar-refractivity contribution in [1.29, 1.82) is 0 Å². The summed E-state index contributed by atoms with van der Waals surface area (Å²) in [6, 6.07) is 2.24. The first-order chi connectivity index (χ1) is 9.46. The Morgan fingerprint density at radius 1 is 1.35 bits per heavy atom. The number of carbonyl (C=O) groups excluding carboxylic acids is 1. The molecule has 0 aromatic carbocycles. The Kier molecular flexibility index (Phi) is 2.96. The van der Waals surface area contributed by atoms with Crippen LogP contribution in [0.15, 0.2) is 30.6 Å². The van der Waals surface area contributed by atoms with E-state index in [0.717, 1.165) is 11.1 Å². The smallest absolute Gasteiger partial charge is 0.346 e. The Labute approximate surface area is 115 Å². The van der Waals surface area contributed by atoms with E-state index in [9.17, 15) is 17.8 Å². The molecule has 1 fully saturated rings. The van der Waals surface area contributed by atoms with E-state index in [1.807, 2.05) is 6.08 Å². The number of pyridine rings is 1. The predicted molar refractivity (Wildman–Crippen MR) is 65.6 cm³/mol. The summed E-state index contributed by atoms with van der Waals surface area (Å²) in [5.41, 5.74) is 1.54. The van der Waals surface area contributed by atoms with E-state index in [0.29, 0.717) is 11.6 Å². The number of hydrogen-bond donors (Lipinski definition) is 0. The van der Waals surface area contributed by atoms with E-state index in [4.69, 9.17) is 0 Å². The van der Waals surface area contributed by atoms with E-state index in [1.54, 1.807) is 24.5 Å². The summed E-state index contributed by atoms with van der Waals surface area (Å²) in [5.74, 6) is 0. The number of rotatable bonds is 3. The van der Waals surface area contributed by atoms with Gasteiger partial charge in [0.25, 0.3) is 0 Å². The highest BCUT2D eigenvalue weighted by molar-refractivity contribution is 7.80. The minimum Gasteiger partial charge on any atom is -0.724 e. The van der Waals surface area contributed by atoms with Crippen molar-refractivity contribution in [2.75, 3.05) is 13.1 Å². The zero-order chi connectivity index (χ0) is 14.3. The van der Waals surface area contributed by atoms with Crippen molar-refractivity contribution in [2.24, 2.45) is 0 Å². The third kappa shape index (κ3) is 2.26. The summed E-state index contributed by atoms with van der Waals surface area (Å²) in [7, 11) is -5.00. The maximum atomic E-state index is 11.9. The van der Waals surface area contributed by atoms with Gasteiger partial charge in [0.1, 0.15) is 6.04 Å². The van der Waals surface area contributed by atoms with Crippen LogP contribution in [0.1, 0.15) is 5.56 Å². The molecule has 1 atom stereocenters. The highest BCUT2D eigenvalue weighted by atomic mass is 32.3. The van der Waals surface area contributed by atoms with E-state index in [1.165, 1.54) is 4.90 Å². The minimum absolute atomic E-state index is 0.280. The van der Waals surface area contributed by atoms with Crippen molar-refractivity contribution in [3.05, 3.63) is 36.2 Å². The lowest BCUT2D eigenvalue weighted by molar-refractivity contribution is -0.0171. The Hall–Kier alpha value is -1.97. The molecule has 0 N–H and O–H groups in total. The van der Waals surface area contributed by atoms with Gasteiger partial charge < -0.3 is 9.45 Å². The molecular weight excluding hydrogens is 286 g/mol. The average Bonchev–Trinajstić information content (AvgIpc) is 2.64. The number of fused-ring (bicyclic) bond motifs is 2. The van der Waals surface area contributed by atoms with Crippen LogP contribution in [0.3, 0.4) is 0 Å². The molecule has 0 saturated carbocycles. The first kappa shape index (κ1) is 13.0. The number of hydrogen-bond acceptors (Lipinski definition) is 6. The quantitative estimate of drug-likeness (QED) is 0.573. The third-order valence-corrected chi connectivity index (χ3v) is 3.55. The Balaban J connectivity index is 1.96. The number of hydroxylamine groups is 2. The maximum Gasteiger partial charge on any atom is 0.346 e. The molecule has 1 saturated heterocycles. The van der Waals surface area contributed by atoms with Crippen molar-refractivity contribution < 1.29 is 22.0 Å². The molecule has 3 heterocycles. The lowest BCUT2D eigenvalue weighted by Crippen LogP contribution is -2.36. The molecule has 0 radical (unpaired) electrons. The summed E-state index contributed by atoms with van der Waals surface area (Å²) < 4.78 is 36.5. The maximum absolute atomic E-state index is 11.9. The topological polar surface area (TPSA) is 103 Å². The zero-order valence-corrected chi connectivity index (χ0v) is 11.0. The molecule has 3 rings (SSSR count). The number of carbonyl (C=O) groups is 1. The highest BCUT2D eigenvalue weighted by Gasteiger charge is 2.44. The molecule has 0 aliphatic carbocycles. The molecule has 20 heavy (non-hydrogen) atoms. The van der Waals surface area contributed by atoms with E-state index in [-0.39, 0.29) is 6.54 Å². The molecule has 1 unspecified atom stereocenters. The predicted octanol–water partition coefficient (Wildman–Crippen LogP) is -0.0234. The SMILES string of the molecule is O=C1N2CC=C(c3ccncc3)C(C2)N1OS(=O)(=O)[O-]. The zero-order valence-electron chi connectivity index (χ0n) is 10.2. The second-order valence-electron chi connectivity index (χ2n) is 4.41. The van der Waals surface area contributed by atoms with Gasteiger partial charge in [0, 0.05) is 18.9 Å². The van der Waals surface area contributed by atoms with Crippen LogP contribution in [0.25, 0.3) is 5.57 Å². The molecule has 2 bridgehead atoms. The van der Waals surface area contributed by atoms with Crippen LogP contribution in [0.5, 0.6) is 0 Å². The highest BCUT2D eigenvalue weighted by Crippen LogP contribution is 2.32. The largest absolute Gasteiger partial charge is 0.724 e. The first-order valence-corrected chi connectivity index (χ1v) is 7.13. The molecule has 2 aliphatic rings. The fourth-order valence-electron chi connectivity index (χ4n) is 2.39. The number of amides is 2. The summed E-state index contributed by atoms with van der Waals surface area (Å²) in [6.45, 7) is 0.619. The fourth-order valence-corrected chi connectivity index (χ4v) is 2.76. The monoisotopic (exact) mass is 296 g/mol. The molecule has 8 nitrogen and oxygen atoms in total. The molecule has 1 aromatic heterocycles. The van der Waals surface area contributed by atoms with Gasteiger partial charge in [0.2, 0.25) is 10.4 Å². The van der Waals surface area contributed by atoms with E-state index < -0.39 is 22.5 Å². The van der Waals surface area contributed by atoms with Crippen molar-refractivity contribution in [3.63, 3.8) is 0 Å². The lowest BCUT2D eigenvalue weighted by atomic mass is 9.97. The van der Waals surface area contributed by atoms with Gasteiger partial charge >= 0.3 is 6.03 Å².